The molecule has 0 aliphatic heterocycles. The zero-order valence-electron chi connectivity index (χ0n) is 13.0. The predicted molar refractivity (Wildman–Crippen MR) is 87.7 cm³/mol. The highest BCUT2D eigenvalue weighted by Crippen LogP contribution is 2.39. The number of nitrogens with zero attached hydrogens (tertiary/aromatic N) is 4. The third-order valence-corrected chi connectivity index (χ3v) is 5.18. The molecule has 0 radical (unpaired) electrons. The van der Waals surface area contributed by atoms with Gasteiger partial charge < -0.3 is 20.0 Å². The van der Waals surface area contributed by atoms with E-state index in [0.717, 1.165) is 24.8 Å². The molecule has 124 valence electrons. The minimum Gasteiger partial charge on any atom is -0.358 e. The van der Waals surface area contributed by atoms with E-state index in [1.54, 1.807) is 0 Å². The van der Waals surface area contributed by atoms with Crippen LogP contribution in [-0.4, -0.2) is 20.4 Å². The smallest absolute Gasteiger partial charge is 0.358 e. The first-order chi connectivity index (χ1) is 11.5. The van der Waals surface area contributed by atoms with E-state index >= 15 is 0 Å². The Balaban J connectivity index is 1.74. The van der Waals surface area contributed by atoms with E-state index in [0.29, 0.717) is 16.5 Å². The van der Waals surface area contributed by atoms with E-state index in [9.17, 15) is 20.2 Å². The highest BCUT2D eigenvalue weighted by molar-refractivity contribution is 7.16. The van der Waals surface area contributed by atoms with Crippen LogP contribution in [0.4, 0.5) is 10.8 Å². The Morgan fingerprint density at radius 2 is 2.46 bits per heavy atom. The number of rotatable bonds is 4. The molecule has 0 saturated carbocycles. The summed E-state index contributed by atoms with van der Waals surface area (Å²) in [6, 6.07) is 2.19. The molecule has 0 fully saturated rings. The van der Waals surface area contributed by atoms with Crippen LogP contribution in [0.25, 0.3) is 0 Å². The summed E-state index contributed by atoms with van der Waals surface area (Å²) in [7, 11) is 0. The van der Waals surface area contributed by atoms with Gasteiger partial charge in [0.05, 0.1) is 5.56 Å². The molecule has 0 saturated heterocycles. The molecule has 0 spiro atoms. The summed E-state index contributed by atoms with van der Waals surface area (Å²) in [6.07, 6.45) is 5.28. The van der Waals surface area contributed by atoms with Crippen LogP contribution in [-0.2, 0) is 24.2 Å². The average molecular weight is 345 g/mol. The largest absolute Gasteiger partial charge is 0.381 e. The molecule has 0 aromatic carbocycles. The lowest BCUT2D eigenvalue weighted by Gasteiger charge is -2.17. The SMILES string of the molecule is C[C@H]1CCc2c(sc(NC(=O)Cn3cnc([N+](=O)[O-])c3)c2C#N)C1. The van der Waals surface area contributed by atoms with Gasteiger partial charge in [-0.25, -0.2) is 0 Å². The molecule has 1 aliphatic rings. The molecular formula is C15H15N5O3S. The molecular weight excluding hydrogens is 330 g/mol. The standard InChI is InChI=1S/C15H15N5O3S/c1-9-2-3-10-11(5-16)15(24-12(10)4-9)18-14(21)7-19-6-13(17-8-19)20(22)23/h6,8-9H,2-4,7H2,1H3,(H,18,21)/t9-/m0/s1. The number of anilines is 1. The van der Waals surface area contributed by atoms with Gasteiger partial charge in [-0.1, -0.05) is 6.92 Å². The number of nitro groups is 1. The Morgan fingerprint density at radius 3 is 3.12 bits per heavy atom. The van der Waals surface area contributed by atoms with Crippen LogP contribution in [0.1, 0.15) is 29.3 Å². The molecule has 0 unspecified atom stereocenters. The van der Waals surface area contributed by atoms with Gasteiger partial charge in [-0.15, -0.1) is 11.3 Å². The van der Waals surface area contributed by atoms with E-state index in [-0.39, 0.29) is 18.3 Å². The van der Waals surface area contributed by atoms with Gasteiger partial charge in [0.15, 0.2) is 0 Å². The average Bonchev–Trinajstić information content (AvgIpc) is 3.10. The topological polar surface area (TPSA) is 114 Å². The fourth-order valence-electron chi connectivity index (χ4n) is 2.82. The summed E-state index contributed by atoms with van der Waals surface area (Å²) in [5.41, 5.74) is 1.60. The third kappa shape index (κ3) is 3.14. The fourth-order valence-corrected chi connectivity index (χ4v) is 4.20. The van der Waals surface area contributed by atoms with Crippen molar-refractivity contribution in [1.82, 2.24) is 9.55 Å². The highest BCUT2D eigenvalue weighted by Gasteiger charge is 2.24. The molecule has 9 heteroatoms. The number of carbonyl (C=O) groups excluding carboxylic acids is 1. The molecule has 1 aliphatic carbocycles. The molecule has 1 amide bonds. The van der Waals surface area contributed by atoms with E-state index < -0.39 is 4.92 Å². The van der Waals surface area contributed by atoms with Gasteiger partial charge in [0, 0.05) is 4.88 Å². The molecule has 1 atom stereocenters. The van der Waals surface area contributed by atoms with Gasteiger partial charge in [-0.3, -0.25) is 4.79 Å². The number of carbonyl (C=O) groups is 1. The Bertz CT molecular complexity index is 848. The quantitative estimate of drug-likeness (QED) is 0.675. The van der Waals surface area contributed by atoms with Crippen molar-refractivity contribution in [2.24, 2.45) is 5.92 Å². The number of imidazole rings is 1. The summed E-state index contributed by atoms with van der Waals surface area (Å²) in [6.45, 7) is 2.09. The fraction of sp³-hybridized carbons (Fsp3) is 0.400. The predicted octanol–water partition coefficient (Wildman–Crippen LogP) is 2.49. The summed E-state index contributed by atoms with van der Waals surface area (Å²) in [5, 5.41) is 23.3. The normalized spacial score (nSPS) is 16.2. The third-order valence-electron chi connectivity index (χ3n) is 4.01. The van der Waals surface area contributed by atoms with Crippen molar-refractivity contribution in [3.63, 3.8) is 0 Å². The molecule has 8 nitrogen and oxygen atoms in total. The van der Waals surface area contributed by atoms with E-state index in [1.165, 1.54) is 33.3 Å². The second kappa shape index (κ2) is 6.41. The number of nitriles is 1. The van der Waals surface area contributed by atoms with Crippen LogP contribution >= 0.6 is 11.3 Å². The van der Waals surface area contributed by atoms with Crippen LogP contribution in [0, 0.1) is 27.4 Å². The Hall–Kier alpha value is -2.73. The first-order valence-electron chi connectivity index (χ1n) is 7.48. The maximum absolute atomic E-state index is 12.2. The van der Waals surface area contributed by atoms with Crippen molar-refractivity contribution < 1.29 is 9.72 Å². The second-order valence-corrected chi connectivity index (χ2v) is 6.98. The molecule has 24 heavy (non-hydrogen) atoms. The first kappa shape index (κ1) is 16.1. The summed E-state index contributed by atoms with van der Waals surface area (Å²) >= 11 is 1.45. The van der Waals surface area contributed by atoms with Gasteiger partial charge in [0.1, 0.15) is 23.8 Å². The van der Waals surface area contributed by atoms with E-state index in [1.807, 2.05) is 0 Å². The molecule has 2 aromatic rings. The minimum absolute atomic E-state index is 0.0926. The zero-order chi connectivity index (χ0) is 17.3. The highest BCUT2D eigenvalue weighted by atomic mass is 32.1. The molecule has 2 heterocycles. The monoisotopic (exact) mass is 345 g/mol. The van der Waals surface area contributed by atoms with Gasteiger partial charge in [-0.05, 0) is 40.7 Å². The lowest BCUT2D eigenvalue weighted by molar-refractivity contribution is -0.389. The summed E-state index contributed by atoms with van der Waals surface area (Å²) < 4.78 is 1.34. The number of hydrogen-bond acceptors (Lipinski definition) is 6. The first-order valence-corrected chi connectivity index (χ1v) is 8.30. The van der Waals surface area contributed by atoms with Gasteiger partial charge in [-0.2, -0.15) is 5.26 Å². The van der Waals surface area contributed by atoms with Crippen molar-refractivity contribution in [3.8, 4) is 6.07 Å². The van der Waals surface area contributed by atoms with Gasteiger partial charge >= 0.3 is 5.82 Å². The van der Waals surface area contributed by atoms with Crippen LogP contribution < -0.4 is 5.32 Å². The molecule has 2 aromatic heterocycles. The zero-order valence-corrected chi connectivity index (χ0v) is 13.8. The van der Waals surface area contributed by atoms with Gasteiger partial charge in [0.2, 0.25) is 12.2 Å². The summed E-state index contributed by atoms with van der Waals surface area (Å²) in [4.78, 5) is 26.9. The van der Waals surface area contributed by atoms with Crippen LogP contribution in [0.2, 0.25) is 0 Å². The van der Waals surface area contributed by atoms with Crippen molar-refractivity contribution in [1.29, 1.82) is 5.26 Å². The number of amides is 1. The van der Waals surface area contributed by atoms with Crippen LogP contribution in [0.3, 0.4) is 0 Å². The van der Waals surface area contributed by atoms with Crippen molar-refractivity contribution >= 4 is 28.1 Å². The lowest BCUT2D eigenvalue weighted by Crippen LogP contribution is -2.17. The van der Waals surface area contributed by atoms with Crippen molar-refractivity contribution in [2.45, 2.75) is 32.7 Å². The lowest BCUT2D eigenvalue weighted by atomic mass is 9.89. The van der Waals surface area contributed by atoms with E-state index in [2.05, 4.69) is 23.3 Å². The van der Waals surface area contributed by atoms with Crippen LogP contribution in [0.15, 0.2) is 12.5 Å². The van der Waals surface area contributed by atoms with Crippen molar-refractivity contribution in [3.05, 3.63) is 38.6 Å². The number of fused-ring (bicyclic) bond motifs is 1. The van der Waals surface area contributed by atoms with Crippen molar-refractivity contribution in [2.75, 3.05) is 5.32 Å². The number of aromatic nitrogens is 2. The minimum atomic E-state index is -0.614. The molecule has 3 rings (SSSR count). The van der Waals surface area contributed by atoms with Crippen LogP contribution in [0.5, 0.6) is 0 Å². The number of thiophene rings is 1. The summed E-state index contributed by atoms with van der Waals surface area (Å²) in [5.74, 6) is -0.0655. The molecule has 1 N–H and O–H groups in total. The Labute approximate surface area is 141 Å². The van der Waals surface area contributed by atoms with Gasteiger partial charge in [0.25, 0.3) is 0 Å². The maximum atomic E-state index is 12.2. The van der Waals surface area contributed by atoms with E-state index in [4.69, 9.17) is 0 Å². The number of hydrogen-bond donors (Lipinski definition) is 1. The Kier molecular flexibility index (Phi) is 4.31. The Morgan fingerprint density at radius 1 is 1.67 bits per heavy atom. The number of nitrogens with one attached hydrogen (secondary N) is 1. The maximum Gasteiger partial charge on any atom is 0.381 e. The second-order valence-electron chi connectivity index (χ2n) is 5.88. The molecule has 0 bridgehead atoms.